The van der Waals surface area contributed by atoms with Crippen LogP contribution < -0.4 is 10.2 Å². The molecule has 1 aromatic heterocycles. The Morgan fingerprint density at radius 2 is 2.40 bits per heavy atom. The SMILES string of the molecule is CCNCc1sc(N2CCCOC(C)C2)nc1COC. The van der Waals surface area contributed by atoms with Crippen LogP contribution in [0.1, 0.15) is 30.8 Å². The number of rotatable bonds is 6. The van der Waals surface area contributed by atoms with E-state index in [1.165, 1.54) is 4.88 Å². The molecule has 20 heavy (non-hydrogen) atoms. The second kappa shape index (κ2) is 7.93. The lowest BCUT2D eigenvalue weighted by Crippen LogP contribution is -2.29. The molecule has 1 fully saturated rings. The minimum atomic E-state index is 0.268. The van der Waals surface area contributed by atoms with Gasteiger partial charge in [0.15, 0.2) is 5.13 Å². The molecule has 1 aliphatic rings. The highest BCUT2D eigenvalue weighted by Crippen LogP contribution is 2.28. The molecule has 5 nitrogen and oxygen atoms in total. The largest absolute Gasteiger partial charge is 0.378 e. The molecule has 1 saturated heterocycles. The predicted molar refractivity (Wildman–Crippen MR) is 82.5 cm³/mol. The number of nitrogens with zero attached hydrogens (tertiary/aromatic N) is 2. The van der Waals surface area contributed by atoms with Gasteiger partial charge in [-0.2, -0.15) is 0 Å². The standard InChI is InChI=1S/C14H25N3O2S/c1-4-15-8-13-12(10-18-3)16-14(20-13)17-6-5-7-19-11(2)9-17/h11,15H,4-10H2,1-3H3. The Bertz CT molecular complexity index is 411. The van der Waals surface area contributed by atoms with Crippen LogP contribution in [0.2, 0.25) is 0 Å². The summed E-state index contributed by atoms with van der Waals surface area (Å²) in [7, 11) is 1.72. The fourth-order valence-electron chi connectivity index (χ4n) is 2.30. The van der Waals surface area contributed by atoms with Crippen molar-refractivity contribution in [2.75, 3.05) is 38.3 Å². The van der Waals surface area contributed by atoms with Crippen molar-refractivity contribution >= 4 is 16.5 Å². The lowest BCUT2D eigenvalue weighted by molar-refractivity contribution is 0.0821. The maximum atomic E-state index is 5.70. The third-order valence-electron chi connectivity index (χ3n) is 3.31. The number of anilines is 1. The number of thiazole rings is 1. The maximum absolute atomic E-state index is 5.70. The van der Waals surface area contributed by atoms with Crippen LogP contribution in [0.3, 0.4) is 0 Å². The normalized spacial score (nSPS) is 20.1. The molecule has 1 atom stereocenters. The van der Waals surface area contributed by atoms with Gasteiger partial charge in [-0.15, -0.1) is 11.3 Å². The summed E-state index contributed by atoms with van der Waals surface area (Å²) in [6.07, 6.45) is 1.33. The number of hydrogen-bond donors (Lipinski definition) is 1. The van der Waals surface area contributed by atoms with Crippen LogP contribution in [-0.2, 0) is 22.6 Å². The molecule has 1 aliphatic heterocycles. The molecule has 1 aromatic rings. The molecule has 0 saturated carbocycles. The van der Waals surface area contributed by atoms with Gasteiger partial charge in [-0.1, -0.05) is 6.92 Å². The Balaban J connectivity index is 2.13. The summed E-state index contributed by atoms with van der Waals surface area (Å²) in [5.74, 6) is 0. The maximum Gasteiger partial charge on any atom is 0.186 e. The number of ether oxygens (including phenoxy) is 2. The molecule has 1 unspecified atom stereocenters. The molecular weight excluding hydrogens is 274 g/mol. The fourth-order valence-corrected chi connectivity index (χ4v) is 3.37. The summed E-state index contributed by atoms with van der Waals surface area (Å²) in [6.45, 7) is 9.44. The first-order valence-corrected chi connectivity index (χ1v) is 8.11. The molecule has 0 aliphatic carbocycles. The Morgan fingerprint density at radius 3 is 3.15 bits per heavy atom. The van der Waals surface area contributed by atoms with Crippen molar-refractivity contribution in [2.24, 2.45) is 0 Å². The van der Waals surface area contributed by atoms with Crippen LogP contribution in [0.25, 0.3) is 0 Å². The Kier molecular flexibility index (Phi) is 6.22. The molecule has 0 aromatic carbocycles. The monoisotopic (exact) mass is 299 g/mol. The van der Waals surface area contributed by atoms with E-state index in [0.29, 0.717) is 6.61 Å². The second-order valence-corrected chi connectivity index (χ2v) is 6.12. The third kappa shape index (κ3) is 4.15. The molecule has 1 N–H and O–H groups in total. The summed E-state index contributed by atoms with van der Waals surface area (Å²) >= 11 is 1.77. The van der Waals surface area contributed by atoms with Gasteiger partial charge >= 0.3 is 0 Å². The zero-order valence-electron chi connectivity index (χ0n) is 12.6. The highest BCUT2D eigenvalue weighted by atomic mass is 32.1. The Labute approximate surface area is 125 Å². The Hall–Kier alpha value is -0.690. The summed E-state index contributed by atoms with van der Waals surface area (Å²) in [4.78, 5) is 8.40. The number of methoxy groups -OCH3 is 1. The van der Waals surface area contributed by atoms with Gasteiger partial charge in [-0.05, 0) is 19.9 Å². The van der Waals surface area contributed by atoms with Crippen LogP contribution in [0.15, 0.2) is 0 Å². The van der Waals surface area contributed by atoms with E-state index in [1.807, 2.05) is 0 Å². The van der Waals surface area contributed by atoms with E-state index in [-0.39, 0.29) is 6.10 Å². The van der Waals surface area contributed by atoms with E-state index in [9.17, 15) is 0 Å². The van der Waals surface area contributed by atoms with Crippen LogP contribution in [0, 0.1) is 0 Å². The average Bonchev–Trinajstić information content (AvgIpc) is 2.70. The van der Waals surface area contributed by atoms with Crippen molar-refractivity contribution in [3.8, 4) is 0 Å². The van der Waals surface area contributed by atoms with E-state index >= 15 is 0 Å². The molecule has 2 heterocycles. The van der Waals surface area contributed by atoms with Gasteiger partial charge in [-0.3, -0.25) is 0 Å². The molecule has 0 radical (unpaired) electrons. The van der Waals surface area contributed by atoms with E-state index in [0.717, 1.165) is 50.0 Å². The Morgan fingerprint density at radius 1 is 1.55 bits per heavy atom. The van der Waals surface area contributed by atoms with Crippen molar-refractivity contribution in [1.82, 2.24) is 10.3 Å². The van der Waals surface area contributed by atoms with Crippen LogP contribution in [0.4, 0.5) is 5.13 Å². The first kappa shape index (κ1) is 15.7. The minimum absolute atomic E-state index is 0.268. The van der Waals surface area contributed by atoms with E-state index < -0.39 is 0 Å². The van der Waals surface area contributed by atoms with Gasteiger partial charge in [-0.25, -0.2) is 4.98 Å². The van der Waals surface area contributed by atoms with E-state index in [1.54, 1.807) is 18.4 Å². The van der Waals surface area contributed by atoms with Crippen molar-refractivity contribution in [3.63, 3.8) is 0 Å². The molecule has 114 valence electrons. The zero-order chi connectivity index (χ0) is 14.4. The van der Waals surface area contributed by atoms with E-state index in [2.05, 4.69) is 24.1 Å². The van der Waals surface area contributed by atoms with Gasteiger partial charge in [0.05, 0.1) is 18.4 Å². The second-order valence-electron chi connectivity index (χ2n) is 5.06. The first-order valence-electron chi connectivity index (χ1n) is 7.29. The van der Waals surface area contributed by atoms with Crippen molar-refractivity contribution < 1.29 is 9.47 Å². The van der Waals surface area contributed by atoms with Crippen molar-refractivity contribution in [1.29, 1.82) is 0 Å². The third-order valence-corrected chi connectivity index (χ3v) is 4.46. The number of aromatic nitrogens is 1. The summed E-state index contributed by atoms with van der Waals surface area (Å²) in [5, 5.41) is 4.47. The van der Waals surface area contributed by atoms with Gasteiger partial charge in [0.1, 0.15) is 0 Å². The van der Waals surface area contributed by atoms with Crippen molar-refractivity contribution in [3.05, 3.63) is 10.6 Å². The zero-order valence-corrected chi connectivity index (χ0v) is 13.5. The quantitative estimate of drug-likeness (QED) is 0.871. The molecule has 0 bridgehead atoms. The lowest BCUT2D eigenvalue weighted by Gasteiger charge is -2.20. The average molecular weight is 299 g/mol. The van der Waals surface area contributed by atoms with Gasteiger partial charge in [0.25, 0.3) is 0 Å². The predicted octanol–water partition coefficient (Wildman–Crippen LogP) is 2.01. The van der Waals surface area contributed by atoms with Gasteiger partial charge in [0, 0.05) is 38.2 Å². The lowest BCUT2D eigenvalue weighted by atomic mass is 10.3. The summed E-state index contributed by atoms with van der Waals surface area (Å²) < 4.78 is 11.0. The first-order chi connectivity index (χ1) is 9.74. The molecule has 0 amide bonds. The van der Waals surface area contributed by atoms with Gasteiger partial charge in [0.2, 0.25) is 0 Å². The minimum Gasteiger partial charge on any atom is -0.378 e. The molecule has 0 spiro atoms. The highest BCUT2D eigenvalue weighted by molar-refractivity contribution is 7.15. The summed E-state index contributed by atoms with van der Waals surface area (Å²) in [5.41, 5.74) is 1.06. The molecular formula is C14H25N3O2S. The summed E-state index contributed by atoms with van der Waals surface area (Å²) in [6, 6.07) is 0. The molecule has 2 rings (SSSR count). The smallest absolute Gasteiger partial charge is 0.186 e. The van der Waals surface area contributed by atoms with Crippen LogP contribution >= 0.6 is 11.3 Å². The number of nitrogens with one attached hydrogen (secondary N) is 1. The van der Waals surface area contributed by atoms with Crippen molar-refractivity contribution in [2.45, 2.75) is 39.5 Å². The highest BCUT2D eigenvalue weighted by Gasteiger charge is 2.20. The van der Waals surface area contributed by atoms with Crippen LogP contribution in [0.5, 0.6) is 0 Å². The molecule has 6 heteroatoms. The fraction of sp³-hybridized carbons (Fsp3) is 0.786. The topological polar surface area (TPSA) is 46.6 Å². The van der Waals surface area contributed by atoms with Crippen LogP contribution in [-0.4, -0.2) is 44.4 Å². The number of hydrogen-bond acceptors (Lipinski definition) is 6. The van der Waals surface area contributed by atoms with E-state index in [4.69, 9.17) is 14.5 Å². The van der Waals surface area contributed by atoms with Gasteiger partial charge < -0.3 is 19.7 Å².